The van der Waals surface area contributed by atoms with Gasteiger partial charge in [0.1, 0.15) is 11.6 Å². The van der Waals surface area contributed by atoms with Crippen LogP contribution in [0, 0.1) is 0 Å². The van der Waals surface area contributed by atoms with Gasteiger partial charge in [0.25, 0.3) is 0 Å². The van der Waals surface area contributed by atoms with Crippen molar-refractivity contribution in [2.75, 3.05) is 20.7 Å². The molecule has 0 amide bonds. The van der Waals surface area contributed by atoms with E-state index < -0.39 is 0 Å². The first-order valence-corrected chi connectivity index (χ1v) is 8.48. The van der Waals surface area contributed by atoms with Gasteiger partial charge in [-0.15, -0.1) is 0 Å². The zero-order valence-electron chi connectivity index (χ0n) is 15.0. The average molecular weight is 345 g/mol. The number of amidine groups is 1. The van der Waals surface area contributed by atoms with E-state index in [2.05, 4.69) is 13.8 Å². The van der Waals surface area contributed by atoms with Crippen molar-refractivity contribution >= 4 is 17.4 Å². The number of halogens is 1. The van der Waals surface area contributed by atoms with Gasteiger partial charge in [-0.25, -0.2) is 0 Å². The summed E-state index contributed by atoms with van der Waals surface area (Å²) in [4.78, 5) is 7.06. The minimum atomic E-state index is -0.385. The maximum absolute atomic E-state index is 6.01. The highest BCUT2D eigenvalue weighted by Crippen LogP contribution is 2.29. The van der Waals surface area contributed by atoms with Gasteiger partial charge >= 0.3 is 0 Å². The van der Waals surface area contributed by atoms with Crippen LogP contribution in [-0.4, -0.2) is 31.4 Å². The Kier molecular flexibility index (Phi) is 5.89. The maximum atomic E-state index is 6.01. The van der Waals surface area contributed by atoms with Crippen molar-refractivity contribution in [1.29, 1.82) is 0 Å². The normalized spacial score (nSPS) is 12.2. The predicted octanol–water partition coefficient (Wildman–Crippen LogP) is 4.98. The topological polar surface area (TPSA) is 24.8 Å². The molecule has 0 aliphatic heterocycles. The molecule has 0 radical (unpaired) electrons. The van der Waals surface area contributed by atoms with E-state index in [1.165, 1.54) is 0 Å². The Morgan fingerprint density at radius 1 is 1.08 bits per heavy atom. The van der Waals surface area contributed by atoms with Crippen LogP contribution < -0.4 is 4.74 Å². The highest BCUT2D eigenvalue weighted by Gasteiger charge is 2.23. The maximum Gasteiger partial charge on any atom is 0.135 e. The molecule has 0 heterocycles. The monoisotopic (exact) mass is 344 g/mol. The summed E-state index contributed by atoms with van der Waals surface area (Å²) in [6.45, 7) is 6.81. The molecule has 0 aromatic heterocycles. The number of hydrogen-bond donors (Lipinski definition) is 0. The van der Waals surface area contributed by atoms with E-state index in [0.717, 1.165) is 27.7 Å². The number of benzene rings is 2. The summed E-state index contributed by atoms with van der Waals surface area (Å²) in [6.07, 6.45) is 0. The van der Waals surface area contributed by atoms with E-state index in [4.69, 9.17) is 21.3 Å². The van der Waals surface area contributed by atoms with E-state index >= 15 is 0 Å². The Labute approximate surface area is 149 Å². The number of ether oxygens (including phenoxy) is 1. The lowest BCUT2D eigenvalue weighted by atomic mass is 9.95. The summed E-state index contributed by atoms with van der Waals surface area (Å²) in [7, 11) is 4.00. The largest absolute Gasteiger partial charge is 0.493 e. The zero-order chi connectivity index (χ0) is 17.7. The van der Waals surface area contributed by atoms with E-state index in [-0.39, 0.29) is 5.54 Å². The first kappa shape index (κ1) is 18.3. The average Bonchev–Trinajstić information content (AvgIpc) is 2.54. The molecule has 0 aliphatic carbocycles. The molecule has 24 heavy (non-hydrogen) atoms. The van der Waals surface area contributed by atoms with Gasteiger partial charge in [0, 0.05) is 19.1 Å². The van der Waals surface area contributed by atoms with Gasteiger partial charge in [-0.2, -0.15) is 0 Å². The van der Waals surface area contributed by atoms with Crippen molar-refractivity contribution in [2.24, 2.45) is 4.99 Å². The minimum Gasteiger partial charge on any atom is -0.493 e. The van der Waals surface area contributed by atoms with Crippen LogP contribution in [0.4, 0.5) is 0 Å². The second-order valence-electron chi connectivity index (χ2n) is 6.32. The van der Waals surface area contributed by atoms with Crippen molar-refractivity contribution in [3.63, 3.8) is 0 Å². The highest BCUT2D eigenvalue weighted by atomic mass is 35.5. The molecule has 0 unspecified atom stereocenters. The van der Waals surface area contributed by atoms with Crippen LogP contribution in [0.5, 0.6) is 5.75 Å². The number of rotatable bonds is 5. The summed E-state index contributed by atoms with van der Waals surface area (Å²) < 4.78 is 5.78. The Balaban J connectivity index is 2.50. The van der Waals surface area contributed by atoms with E-state index in [1.54, 1.807) is 0 Å². The van der Waals surface area contributed by atoms with E-state index in [9.17, 15) is 0 Å². The third kappa shape index (κ3) is 4.30. The number of aliphatic imine (C=N–C) groups is 1. The lowest BCUT2D eigenvalue weighted by Crippen LogP contribution is -2.28. The van der Waals surface area contributed by atoms with Gasteiger partial charge in [-0.3, -0.25) is 4.99 Å². The number of nitrogens with zero attached hydrogens (tertiary/aromatic N) is 2. The molecule has 2 aromatic rings. The SMILES string of the molecule is CCOc1ccccc1C(=NC(C)(C)c1ccc(Cl)cc1)N(C)C. The van der Waals surface area contributed by atoms with Gasteiger partial charge in [-0.05, 0) is 50.6 Å². The molecule has 0 saturated carbocycles. The van der Waals surface area contributed by atoms with Gasteiger partial charge in [0.15, 0.2) is 0 Å². The van der Waals surface area contributed by atoms with Crippen molar-refractivity contribution in [3.8, 4) is 5.75 Å². The van der Waals surface area contributed by atoms with Crippen LogP contribution in [0.2, 0.25) is 5.02 Å². The Morgan fingerprint density at radius 2 is 1.71 bits per heavy atom. The van der Waals surface area contributed by atoms with Crippen LogP contribution in [0.25, 0.3) is 0 Å². The Bertz CT molecular complexity index is 706. The highest BCUT2D eigenvalue weighted by molar-refractivity contribution is 6.30. The first-order valence-electron chi connectivity index (χ1n) is 8.10. The summed E-state index contributed by atoms with van der Waals surface area (Å²) in [5.74, 6) is 1.73. The third-order valence-electron chi connectivity index (χ3n) is 3.79. The van der Waals surface area contributed by atoms with Crippen LogP contribution in [0.3, 0.4) is 0 Å². The van der Waals surface area contributed by atoms with Crippen LogP contribution in [0.15, 0.2) is 53.5 Å². The predicted molar refractivity (Wildman–Crippen MR) is 102 cm³/mol. The molecular weight excluding hydrogens is 320 g/mol. The van der Waals surface area contributed by atoms with Crippen molar-refractivity contribution < 1.29 is 4.74 Å². The lowest BCUT2D eigenvalue weighted by Gasteiger charge is -2.26. The third-order valence-corrected chi connectivity index (χ3v) is 4.04. The first-order chi connectivity index (χ1) is 11.3. The molecule has 2 aromatic carbocycles. The molecule has 0 bridgehead atoms. The summed E-state index contributed by atoms with van der Waals surface area (Å²) >= 11 is 6.01. The molecule has 128 valence electrons. The standard InChI is InChI=1S/C20H25ClN2O/c1-6-24-18-10-8-7-9-17(18)19(23(4)5)22-20(2,3)15-11-13-16(21)14-12-15/h7-14H,6H2,1-5H3. The minimum absolute atomic E-state index is 0.385. The van der Waals surface area contributed by atoms with Crippen LogP contribution >= 0.6 is 11.6 Å². The fraction of sp³-hybridized carbons (Fsp3) is 0.350. The molecule has 0 atom stereocenters. The van der Waals surface area contributed by atoms with E-state index in [0.29, 0.717) is 6.61 Å². The Hall–Kier alpha value is -2.00. The zero-order valence-corrected chi connectivity index (χ0v) is 15.8. The lowest BCUT2D eigenvalue weighted by molar-refractivity contribution is 0.339. The molecule has 4 heteroatoms. The van der Waals surface area contributed by atoms with Gasteiger partial charge < -0.3 is 9.64 Å². The smallest absolute Gasteiger partial charge is 0.135 e. The van der Waals surface area contributed by atoms with Crippen LogP contribution in [-0.2, 0) is 5.54 Å². The fourth-order valence-electron chi connectivity index (χ4n) is 2.52. The molecule has 0 spiro atoms. The Morgan fingerprint density at radius 3 is 2.29 bits per heavy atom. The molecule has 0 fully saturated rings. The summed E-state index contributed by atoms with van der Waals surface area (Å²) in [5.41, 5.74) is 1.72. The van der Waals surface area contributed by atoms with Crippen LogP contribution in [0.1, 0.15) is 31.9 Å². The van der Waals surface area contributed by atoms with Gasteiger partial charge in [0.2, 0.25) is 0 Å². The van der Waals surface area contributed by atoms with Gasteiger partial charge in [-0.1, -0.05) is 35.9 Å². The van der Waals surface area contributed by atoms with Crippen molar-refractivity contribution in [2.45, 2.75) is 26.3 Å². The number of para-hydroxylation sites is 1. The molecule has 3 nitrogen and oxygen atoms in total. The van der Waals surface area contributed by atoms with Gasteiger partial charge in [0.05, 0.1) is 17.7 Å². The molecule has 2 rings (SSSR count). The quantitative estimate of drug-likeness (QED) is 0.564. The molecule has 0 N–H and O–H groups in total. The van der Waals surface area contributed by atoms with Crippen molar-refractivity contribution in [3.05, 3.63) is 64.7 Å². The molecule has 0 aliphatic rings. The van der Waals surface area contributed by atoms with E-state index in [1.807, 2.05) is 74.4 Å². The number of hydrogen-bond acceptors (Lipinski definition) is 2. The molecular formula is C20H25ClN2O. The second-order valence-corrected chi connectivity index (χ2v) is 6.76. The second kappa shape index (κ2) is 7.71. The molecule has 0 saturated heterocycles. The fourth-order valence-corrected chi connectivity index (χ4v) is 2.65. The summed E-state index contributed by atoms with van der Waals surface area (Å²) in [6, 6.07) is 15.9. The summed E-state index contributed by atoms with van der Waals surface area (Å²) in [5, 5.41) is 0.730. The van der Waals surface area contributed by atoms with Crippen molar-refractivity contribution in [1.82, 2.24) is 4.90 Å².